The Morgan fingerprint density at radius 2 is 1.69 bits per heavy atom. The van der Waals surface area contributed by atoms with E-state index in [4.69, 9.17) is 4.74 Å². The number of rotatable bonds is 3. The first-order valence-electron chi connectivity index (χ1n) is 9.32. The van der Waals surface area contributed by atoms with Crippen molar-refractivity contribution < 1.29 is 14.3 Å². The quantitative estimate of drug-likeness (QED) is 0.725. The molecule has 2 aromatic carbocycles. The summed E-state index contributed by atoms with van der Waals surface area (Å²) >= 11 is 0. The van der Waals surface area contributed by atoms with Gasteiger partial charge < -0.3 is 9.64 Å². The second-order valence-corrected chi connectivity index (χ2v) is 8.10. The van der Waals surface area contributed by atoms with Gasteiger partial charge in [-0.3, -0.25) is 4.79 Å². The van der Waals surface area contributed by atoms with Gasteiger partial charge in [-0.15, -0.1) is 0 Å². The van der Waals surface area contributed by atoms with Crippen LogP contribution in [0.25, 0.3) is 10.8 Å². The Bertz CT molecular complexity index is 798. The van der Waals surface area contributed by atoms with Crippen molar-refractivity contribution in [1.82, 2.24) is 4.90 Å². The summed E-state index contributed by atoms with van der Waals surface area (Å²) in [5, 5.41) is 2.24. The van der Waals surface area contributed by atoms with E-state index in [0.717, 1.165) is 29.2 Å². The molecule has 0 atom stereocenters. The Labute approximate surface area is 155 Å². The average molecular weight is 353 g/mol. The van der Waals surface area contributed by atoms with Gasteiger partial charge in [0.15, 0.2) is 5.78 Å². The molecular formula is C22H27NO3. The monoisotopic (exact) mass is 353 g/mol. The number of benzene rings is 2. The molecule has 0 saturated carbocycles. The molecule has 1 aliphatic rings. The highest BCUT2D eigenvalue weighted by Gasteiger charge is 2.27. The van der Waals surface area contributed by atoms with E-state index in [0.29, 0.717) is 25.4 Å². The summed E-state index contributed by atoms with van der Waals surface area (Å²) in [7, 11) is 0. The Hall–Kier alpha value is -2.36. The molecule has 1 saturated heterocycles. The summed E-state index contributed by atoms with van der Waals surface area (Å²) in [6.45, 7) is 6.94. The van der Waals surface area contributed by atoms with Crippen molar-refractivity contribution in [2.24, 2.45) is 5.92 Å². The van der Waals surface area contributed by atoms with E-state index >= 15 is 0 Å². The molecule has 0 unspecified atom stereocenters. The standard InChI is InChI=1S/C22H27NO3/c1-22(2,3)26-21(25)23-12-10-16(11-13-23)14-20(24)19-9-8-17-6-4-5-7-18(17)15-19/h4-9,15-16H,10-14H2,1-3H3. The van der Waals surface area contributed by atoms with E-state index < -0.39 is 5.60 Å². The molecule has 1 fully saturated rings. The molecule has 26 heavy (non-hydrogen) atoms. The largest absolute Gasteiger partial charge is 0.444 e. The van der Waals surface area contributed by atoms with Crippen molar-refractivity contribution in [1.29, 1.82) is 0 Å². The summed E-state index contributed by atoms with van der Waals surface area (Å²) < 4.78 is 5.42. The summed E-state index contributed by atoms with van der Waals surface area (Å²) in [4.78, 5) is 26.5. The van der Waals surface area contributed by atoms with Crippen LogP contribution in [0.15, 0.2) is 42.5 Å². The number of ketones is 1. The van der Waals surface area contributed by atoms with Gasteiger partial charge in [0.05, 0.1) is 0 Å². The van der Waals surface area contributed by atoms with Crippen molar-refractivity contribution in [2.45, 2.75) is 45.6 Å². The highest BCUT2D eigenvalue weighted by atomic mass is 16.6. The van der Waals surface area contributed by atoms with Crippen molar-refractivity contribution in [2.75, 3.05) is 13.1 Å². The molecule has 4 heteroatoms. The Balaban J connectivity index is 1.55. The van der Waals surface area contributed by atoms with Crippen LogP contribution >= 0.6 is 0 Å². The molecule has 138 valence electrons. The molecule has 0 N–H and O–H groups in total. The topological polar surface area (TPSA) is 46.6 Å². The number of piperidine rings is 1. The zero-order chi connectivity index (χ0) is 18.7. The molecule has 0 spiro atoms. The number of nitrogens with zero attached hydrogens (tertiary/aromatic N) is 1. The highest BCUT2D eigenvalue weighted by Crippen LogP contribution is 2.25. The number of hydrogen-bond acceptors (Lipinski definition) is 3. The van der Waals surface area contributed by atoms with Crippen LogP contribution in [0.2, 0.25) is 0 Å². The maximum atomic E-state index is 12.7. The van der Waals surface area contributed by atoms with E-state index in [1.54, 1.807) is 4.90 Å². The van der Waals surface area contributed by atoms with Crippen LogP contribution < -0.4 is 0 Å². The minimum absolute atomic E-state index is 0.187. The average Bonchev–Trinajstić information content (AvgIpc) is 2.60. The van der Waals surface area contributed by atoms with Gasteiger partial charge in [0, 0.05) is 25.1 Å². The molecule has 0 aliphatic carbocycles. The Morgan fingerprint density at radius 3 is 2.35 bits per heavy atom. The van der Waals surface area contributed by atoms with Crippen LogP contribution in [0.3, 0.4) is 0 Å². The summed E-state index contributed by atoms with van der Waals surface area (Å²) in [6, 6.07) is 14.0. The molecule has 0 radical (unpaired) electrons. The smallest absolute Gasteiger partial charge is 0.410 e. The maximum Gasteiger partial charge on any atom is 0.410 e. The lowest BCUT2D eigenvalue weighted by atomic mass is 9.89. The van der Waals surface area contributed by atoms with Gasteiger partial charge in [-0.25, -0.2) is 4.79 Å². The van der Waals surface area contributed by atoms with E-state index in [1.165, 1.54) is 0 Å². The Kier molecular flexibility index (Phi) is 5.30. The number of likely N-dealkylation sites (tertiary alicyclic amines) is 1. The number of amides is 1. The summed E-state index contributed by atoms with van der Waals surface area (Å²) in [5.74, 6) is 0.513. The Morgan fingerprint density at radius 1 is 1.04 bits per heavy atom. The second-order valence-electron chi connectivity index (χ2n) is 8.10. The van der Waals surface area contributed by atoms with Crippen LogP contribution in [-0.2, 0) is 4.74 Å². The van der Waals surface area contributed by atoms with Crippen molar-refractivity contribution in [3.8, 4) is 0 Å². The first-order chi connectivity index (χ1) is 12.3. The normalized spacial score (nSPS) is 15.9. The number of carbonyl (C=O) groups excluding carboxylic acids is 2. The van der Waals surface area contributed by atoms with Crippen LogP contribution in [0.4, 0.5) is 4.79 Å². The zero-order valence-electron chi connectivity index (χ0n) is 15.8. The molecule has 1 heterocycles. The van der Waals surface area contributed by atoms with Crippen LogP contribution in [0.1, 0.15) is 50.4 Å². The third kappa shape index (κ3) is 4.63. The van der Waals surface area contributed by atoms with Gasteiger partial charge in [-0.05, 0) is 56.4 Å². The number of Topliss-reactive ketones (excluding diaryl/α,β-unsaturated/α-hetero) is 1. The van der Waals surface area contributed by atoms with E-state index in [-0.39, 0.29) is 11.9 Å². The predicted octanol–water partition coefficient (Wildman–Crippen LogP) is 5.06. The molecule has 2 aromatic rings. The number of ether oxygens (including phenoxy) is 1. The van der Waals surface area contributed by atoms with Gasteiger partial charge in [-0.2, -0.15) is 0 Å². The number of hydrogen-bond donors (Lipinski definition) is 0. The molecule has 4 nitrogen and oxygen atoms in total. The number of carbonyl (C=O) groups is 2. The van der Waals surface area contributed by atoms with E-state index in [9.17, 15) is 9.59 Å². The van der Waals surface area contributed by atoms with Crippen LogP contribution in [0, 0.1) is 5.92 Å². The lowest BCUT2D eigenvalue weighted by Gasteiger charge is -2.33. The first-order valence-corrected chi connectivity index (χ1v) is 9.32. The highest BCUT2D eigenvalue weighted by molar-refractivity contribution is 6.00. The van der Waals surface area contributed by atoms with Crippen LogP contribution in [0.5, 0.6) is 0 Å². The molecule has 0 aromatic heterocycles. The first kappa shape index (κ1) is 18.4. The fourth-order valence-corrected chi connectivity index (χ4v) is 3.39. The van der Waals surface area contributed by atoms with Crippen molar-refractivity contribution >= 4 is 22.6 Å². The molecule has 1 aliphatic heterocycles. The lowest BCUT2D eigenvalue weighted by Crippen LogP contribution is -2.42. The fourth-order valence-electron chi connectivity index (χ4n) is 3.39. The molecule has 1 amide bonds. The molecule has 3 rings (SSSR count). The number of fused-ring (bicyclic) bond motifs is 1. The second kappa shape index (κ2) is 7.48. The minimum Gasteiger partial charge on any atom is -0.444 e. The SMILES string of the molecule is CC(C)(C)OC(=O)N1CCC(CC(=O)c2ccc3ccccc3c2)CC1. The van der Waals surface area contributed by atoms with Gasteiger partial charge in [0.1, 0.15) is 5.60 Å². The predicted molar refractivity (Wildman–Crippen MR) is 103 cm³/mol. The van der Waals surface area contributed by atoms with Gasteiger partial charge >= 0.3 is 6.09 Å². The van der Waals surface area contributed by atoms with E-state index in [1.807, 2.05) is 57.2 Å². The lowest BCUT2D eigenvalue weighted by molar-refractivity contribution is 0.0183. The van der Waals surface area contributed by atoms with Gasteiger partial charge in [0.2, 0.25) is 0 Å². The van der Waals surface area contributed by atoms with Crippen LogP contribution in [-0.4, -0.2) is 35.5 Å². The van der Waals surface area contributed by atoms with Gasteiger partial charge in [0.25, 0.3) is 0 Å². The zero-order valence-corrected chi connectivity index (χ0v) is 15.8. The third-order valence-electron chi connectivity index (χ3n) is 4.81. The summed E-state index contributed by atoms with van der Waals surface area (Å²) in [5.41, 5.74) is 0.304. The van der Waals surface area contributed by atoms with E-state index in [2.05, 4.69) is 6.07 Å². The summed E-state index contributed by atoms with van der Waals surface area (Å²) in [6.07, 6.45) is 1.98. The van der Waals surface area contributed by atoms with Crippen molar-refractivity contribution in [3.63, 3.8) is 0 Å². The van der Waals surface area contributed by atoms with Gasteiger partial charge in [-0.1, -0.05) is 36.4 Å². The third-order valence-corrected chi connectivity index (χ3v) is 4.81. The molecule has 0 bridgehead atoms. The maximum absolute atomic E-state index is 12.7. The minimum atomic E-state index is -0.472. The molecular weight excluding hydrogens is 326 g/mol. The fraction of sp³-hybridized carbons (Fsp3) is 0.455. The van der Waals surface area contributed by atoms with Crippen molar-refractivity contribution in [3.05, 3.63) is 48.0 Å².